The fraction of sp³-hybridized carbons (Fsp3) is 0.0500. The van der Waals surface area contributed by atoms with Gasteiger partial charge in [-0.3, -0.25) is 0 Å². The van der Waals surface area contributed by atoms with Crippen LogP contribution in [0.1, 0.15) is 15.9 Å². The fourth-order valence-corrected chi connectivity index (χ4v) is 4.43. The molecule has 8 heteroatoms. The van der Waals surface area contributed by atoms with E-state index >= 15 is 0 Å². The lowest BCUT2D eigenvalue weighted by Gasteiger charge is -2.12. The topological polar surface area (TPSA) is 83.5 Å². The number of sulfonamides is 1. The van der Waals surface area contributed by atoms with Crippen molar-refractivity contribution in [2.45, 2.75) is 11.4 Å². The molecule has 0 aliphatic carbocycles. The van der Waals surface area contributed by atoms with Crippen LogP contribution in [-0.4, -0.2) is 19.5 Å². The average Bonchev–Trinajstić information content (AvgIpc) is 2.66. The van der Waals surface area contributed by atoms with E-state index in [0.717, 1.165) is 11.1 Å². The molecular weight excluding hydrogens is 421 g/mol. The van der Waals surface area contributed by atoms with Crippen LogP contribution in [0, 0.1) is 0 Å². The van der Waals surface area contributed by atoms with E-state index in [2.05, 4.69) is 4.72 Å². The van der Waals surface area contributed by atoms with Gasteiger partial charge in [0.15, 0.2) is 0 Å². The molecule has 0 saturated carbocycles. The summed E-state index contributed by atoms with van der Waals surface area (Å²) in [5.74, 6) is -1.14. The summed E-state index contributed by atoms with van der Waals surface area (Å²) in [6, 6.07) is 18.2. The van der Waals surface area contributed by atoms with Crippen LogP contribution in [0.15, 0.2) is 71.6 Å². The van der Waals surface area contributed by atoms with E-state index in [4.69, 9.17) is 23.2 Å². The Kier molecular flexibility index (Phi) is 6.05. The number of hydrogen-bond donors (Lipinski definition) is 2. The molecule has 0 radical (unpaired) electrons. The number of rotatable bonds is 6. The van der Waals surface area contributed by atoms with Crippen LogP contribution in [0.25, 0.3) is 11.1 Å². The average molecular weight is 436 g/mol. The van der Waals surface area contributed by atoms with Gasteiger partial charge >= 0.3 is 5.97 Å². The van der Waals surface area contributed by atoms with E-state index in [1.165, 1.54) is 24.3 Å². The Morgan fingerprint density at radius 2 is 1.54 bits per heavy atom. The van der Waals surface area contributed by atoms with Crippen molar-refractivity contribution in [3.05, 3.63) is 87.9 Å². The van der Waals surface area contributed by atoms with Gasteiger partial charge in [0.2, 0.25) is 10.0 Å². The quantitative estimate of drug-likeness (QED) is 0.580. The normalized spacial score (nSPS) is 11.4. The lowest BCUT2D eigenvalue weighted by Crippen LogP contribution is -2.24. The minimum Gasteiger partial charge on any atom is -0.478 e. The molecule has 3 aromatic carbocycles. The van der Waals surface area contributed by atoms with Gasteiger partial charge in [-0.25, -0.2) is 17.9 Å². The van der Waals surface area contributed by atoms with Gasteiger partial charge in [-0.2, -0.15) is 0 Å². The number of nitrogens with one attached hydrogen (secondary N) is 1. The second-order valence-corrected chi connectivity index (χ2v) is 8.61. The van der Waals surface area contributed by atoms with Crippen molar-refractivity contribution in [3.8, 4) is 11.1 Å². The van der Waals surface area contributed by atoms with Gasteiger partial charge in [-0.15, -0.1) is 0 Å². The smallest absolute Gasteiger partial charge is 0.336 e. The highest BCUT2D eigenvalue weighted by atomic mass is 35.5. The molecule has 0 heterocycles. The van der Waals surface area contributed by atoms with Crippen LogP contribution >= 0.6 is 23.2 Å². The Morgan fingerprint density at radius 1 is 0.893 bits per heavy atom. The predicted octanol–water partition coefficient (Wildman–Crippen LogP) is 4.84. The maximum Gasteiger partial charge on any atom is 0.336 e. The SMILES string of the molecule is O=C(O)c1ccc(-c2ccccc2)cc1CNS(=O)(=O)c1cc(Cl)cc(Cl)c1. The number of hydrogen-bond acceptors (Lipinski definition) is 3. The van der Waals surface area contributed by atoms with Crippen molar-refractivity contribution in [1.82, 2.24) is 4.72 Å². The molecule has 0 saturated heterocycles. The molecule has 0 bridgehead atoms. The van der Waals surface area contributed by atoms with Crippen molar-refractivity contribution >= 4 is 39.2 Å². The lowest BCUT2D eigenvalue weighted by atomic mass is 9.99. The monoisotopic (exact) mass is 435 g/mol. The number of halogens is 2. The minimum atomic E-state index is -3.94. The third-order valence-corrected chi connectivity index (χ3v) is 5.86. The summed E-state index contributed by atoms with van der Waals surface area (Å²) in [6.45, 7) is -0.200. The standard InChI is InChI=1S/C20H15Cl2NO4S/c21-16-9-17(22)11-18(10-16)28(26,27)23-12-15-8-14(6-7-19(15)20(24)25)13-4-2-1-3-5-13/h1-11,23H,12H2,(H,24,25). The summed E-state index contributed by atoms with van der Waals surface area (Å²) in [5, 5.41) is 9.80. The molecule has 2 N–H and O–H groups in total. The lowest BCUT2D eigenvalue weighted by molar-refractivity contribution is 0.0695. The predicted molar refractivity (Wildman–Crippen MR) is 109 cm³/mol. The number of carboxylic acid groups (broad SMARTS) is 1. The first-order valence-electron chi connectivity index (χ1n) is 8.14. The summed E-state index contributed by atoms with van der Waals surface area (Å²) in [4.78, 5) is 11.4. The van der Waals surface area contributed by atoms with Gasteiger partial charge in [0.1, 0.15) is 0 Å². The molecule has 0 spiro atoms. The molecule has 144 valence electrons. The minimum absolute atomic E-state index is 0.0199. The number of benzene rings is 3. The molecule has 0 unspecified atom stereocenters. The first-order valence-corrected chi connectivity index (χ1v) is 10.4. The molecular formula is C20H15Cl2NO4S. The first kappa shape index (κ1) is 20.4. The summed E-state index contributed by atoms with van der Waals surface area (Å²) < 4.78 is 27.6. The highest BCUT2D eigenvalue weighted by molar-refractivity contribution is 7.89. The van der Waals surface area contributed by atoms with Crippen LogP contribution in [0.5, 0.6) is 0 Å². The van der Waals surface area contributed by atoms with Crippen molar-refractivity contribution in [2.75, 3.05) is 0 Å². The van der Waals surface area contributed by atoms with Crippen molar-refractivity contribution < 1.29 is 18.3 Å². The molecule has 3 aromatic rings. The molecule has 0 aromatic heterocycles. The van der Waals surface area contributed by atoms with Crippen LogP contribution < -0.4 is 4.72 Å². The second kappa shape index (κ2) is 8.32. The van der Waals surface area contributed by atoms with E-state index in [9.17, 15) is 18.3 Å². The highest BCUT2D eigenvalue weighted by Crippen LogP contribution is 2.25. The Balaban J connectivity index is 1.93. The summed E-state index contributed by atoms with van der Waals surface area (Å²) in [7, 11) is -3.94. The zero-order chi connectivity index (χ0) is 20.3. The van der Waals surface area contributed by atoms with E-state index < -0.39 is 16.0 Å². The Morgan fingerprint density at radius 3 is 2.14 bits per heavy atom. The largest absolute Gasteiger partial charge is 0.478 e. The van der Waals surface area contributed by atoms with E-state index in [1.54, 1.807) is 12.1 Å². The third kappa shape index (κ3) is 4.72. The van der Waals surface area contributed by atoms with Gasteiger partial charge in [-0.05, 0) is 47.0 Å². The van der Waals surface area contributed by atoms with Gasteiger partial charge in [0.05, 0.1) is 10.5 Å². The van der Waals surface area contributed by atoms with Crippen LogP contribution in [0.2, 0.25) is 10.0 Å². The Labute approximate surface area is 172 Å². The number of aromatic carboxylic acids is 1. The van der Waals surface area contributed by atoms with Crippen molar-refractivity contribution in [3.63, 3.8) is 0 Å². The molecule has 5 nitrogen and oxygen atoms in total. The Hall–Kier alpha value is -2.38. The first-order chi connectivity index (χ1) is 13.3. The molecule has 28 heavy (non-hydrogen) atoms. The van der Waals surface area contributed by atoms with Crippen LogP contribution in [-0.2, 0) is 16.6 Å². The zero-order valence-electron chi connectivity index (χ0n) is 14.4. The Bertz CT molecular complexity index is 1110. The molecule has 0 aliphatic heterocycles. The summed E-state index contributed by atoms with van der Waals surface area (Å²) in [5.41, 5.74) is 2.04. The fourth-order valence-electron chi connectivity index (χ4n) is 2.70. The van der Waals surface area contributed by atoms with Gasteiger partial charge in [0.25, 0.3) is 0 Å². The maximum absolute atomic E-state index is 12.6. The van der Waals surface area contributed by atoms with Crippen molar-refractivity contribution in [2.24, 2.45) is 0 Å². The molecule has 0 amide bonds. The molecule has 3 rings (SSSR count). The molecule has 0 aliphatic rings. The molecule has 0 fully saturated rings. The van der Waals surface area contributed by atoms with Crippen LogP contribution in [0.3, 0.4) is 0 Å². The van der Waals surface area contributed by atoms with Gasteiger partial charge in [0, 0.05) is 16.6 Å². The molecule has 0 atom stereocenters. The number of carbonyl (C=O) groups is 1. The van der Waals surface area contributed by atoms with E-state index in [-0.39, 0.29) is 27.0 Å². The summed E-state index contributed by atoms with van der Waals surface area (Å²) >= 11 is 11.7. The summed E-state index contributed by atoms with van der Waals surface area (Å²) in [6.07, 6.45) is 0. The van der Waals surface area contributed by atoms with Gasteiger partial charge < -0.3 is 5.11 Å². The third-order valence-electron chi connectivity index (χ3n) is 4.04. The van der Waals surface area contributed by atoms with E-state index in [0.29, 0.717) is 5.56 Å². The highest BCUT2D eigenvalue weighted by Gasteiger charge is 2.18. The van der Waals surface area contributed by atoms with Crippen LogP contribution in [0.4, 0.5) is 0 Å². The number of carboxylic acids is 1. The van der Waals surface area contributed by atoms with E-state index in [1.807, 2.05) is 30.3 Å². The second-order valence-electron chi connectivity index (χ2n) is 5.97. The zero-order valence-corrected chi connectivity index (χ0v) is 16.7. The maximum atomic E-state index is 12.6. The van der Waals surface area contributed by atoms with Crippen molar-refractivity contribution in [1.29, 1.82) is 0 Å². The van der Waals surface area contributed by atoms with Gasteiger partial charge in [-0.1, -0.05) is 59.6 Å².